The van der Waals surface area contributed by atoms with Gasteiger partial charge >= 0.3 is 0 Å². The van der Waals surface area contributed by atoms with E-state index in [1.165, 1.54) is 11.6 Å². The van der Waals surface area contributed by atoms with Crippen LogP contribution < -0.4 is 16.7 Å². The predicted octanol–water partition coefficient (Wildman–Crippen LogP) is 4.49. The fourth-order valence-electron chi connectivity index (χ4n) is 2.47. The summed E-state index contributed by atoms with van der Waals surface area (Å²) in [6.45, 7) is 12.3. The Balaban J connectivity index is 0.000000225. The monoisotopic (exact) mass is 411 g/mol. The Morgan fingerprint density at radius 1 is 0.667 bits per heavy atom. The minimum absolute atomic E-state index is 0.0220. The van der Waals surface area contributed by atoms with Crippen molar-refractivity contribution in [2.75, 3.05) is 0 Å². The molecule has 0 aromatic carbocycles. The molecule has 0 aliphatic carbocycles. The fourth-order valence-corrected chi connectivity index (χ4v) is 2.47. The molecule has 3 N–H and O–H groups in total. The van der Waals surface area contributed by atoms with Crippen molar-refractivity contribution in [3.63, 3.8) is 0 Å². The summed E-state index contributed by atoms with van der Waals surface area (Å²) >= 11 is 0. The molecule has 6 nitrogen and oxygen atoms in total. The van der Waals surface area contributed by atoms with E-state index in [1.807, 2.05) is 52.0 Å². The lowest BCUT2D eigenvalue weighted by molar-refractivity contribution is 0.816. The second-order valence-corrected chi connectivity index (χ2v) is 7.88. The van der Waals surface area contributed by atoms with Crippen molar-refractivity contribution in [1.29, 1.82) is 0 Å². The zero-order chi connectivity index (χ0) is 22.7. The second kappa shape index (κ2) is 12.4. The van der Waals surface area contributed by atoms with Gasteiger partial charge in [0.15, 0.2) is 0 Å². The van der Waals surface area contributed by atoms with Crippen molar-refractivity contribution in [3.8, 4) is 0 Å². The maximum atomic E-state index is 11.0. The maximum absolute atomic E-state index is 11.0. The number of pyridine rings is 3. The van der Waals surface area contributed by atoms with Gasteiger partial charge in [0.25, 0.3) is 5.56 Å². The molecule has 30 heavy (non-hydrogen) atoms. The van der Waals surface area contributed by atoms with Crippen LogP contribution in [0.1, 0.15) is 76.1 Å². The summed E-state index contributed by atoms with van der Waals surface area (Å²) in [4.78, 5) is 40.3. The Kier molecular flexibility index (Phi) is 10.3. The highest BCUT2D eigenvalue weighted by molar-refractivity contribution is 5.13. The standard InChI is InChI=1S/3C8H11NO/c1-6(2)7-3-4-8(10)9-5-7;1-6(2)7-4-3-5-9-8(7)10;1-6(2)7-4-3-5-8(10)9-7/h3*3-6H,1-2H3,(H,9,10). The summed E-state index contributed by atoms with van der Waals surface area (Å²) in [6, 6.07) is 12.3. The Hall–Kier alpha value is -3.15. The molecule has 0 radical (unpaired) electrons. The van der Waals surface area contributed by atoms with Crippen LogP contribution in [-0.4, -0.2) is 15.0 Å². The van der Waals surface area contributed by atoms with E-state index in [1.54, 1.807) is 24.5 Å². The summed E-state index contributed by atoms with van der Waals surface area (Å²) in [5.74, 6) is 1.19. The number of nitrogens with one attached hydrogen (secondary N) is 3. The van der Waals surface area contributed by atoms with E-state index in [-0.39, 0.29) is 16.7 Å². The lowest BCUT2D eigenvalue weighted by Gasteiger charge is -2.01. The van der Waals surface area contributed by atoms with Gasteiger partial charge in [-0.05, 0) is 35.4 Å². The van der Waals surface area contributed by atoms with Crippen LogP contribution in [0, 0.1) is 0 Å². The van der Waals surface area contributed by atoms with Gasteiger partial charge in [-0.25, -0.2) is 0 Å². The number of hydrogen-bond donors (Lipinski definition) is 3. The molecule has 3 aromatic heterocycles. The zero-order valence-corrected chi connectivity index (χ0v) is 18.7. The van der Waals surface area contributed by atoms with Crippen molar-refractivity contribution in [2.24, 2.45) is 0 Å². The molecule has 3 heterocycles. The van der Waals surface area contributed by atoms with Crippen molar-refractivity contribution < 1.29 is 0 Å². The van der Waals surface area contributed by atoms with Gasteiger partial charge in [0.05, 0.1) is 0 Å². The Labute approximate surface area is 177 Å². The first-order valence-electron chi connectivity index (χ1n) is 10.2. The number of aromatic nitrogens is 3. The summed E-state index contributed by atoms with van der Waals surface area (Å²) in [6.07, 6.45) is 3.40. The molecule has 0 aliphatic rings. The van der Waals surface area contributed by atoms with Gasteiger partial charge in [-0.2, -0.15) is 0 Å². The summed E-state index contributed by atoms with van der Waals surface area (Å²) in [7, 11) is 0. The number of hydrogen-bond acceptors (Lipinski definition) is 3. The van der Waals surface area contributed by atoms with Crippen molar-refractivity contribution >= 4 is 0 Å². The molecular weight excluding hydrogens is 378 g/mol. The molecule has 162 valence electrons. The van der Waals surface area contributed by atoms with Gasteiger partial charge < -0.3 is 15.0 Å². The molecule has 0 spiro atoms. The molecule has 3 aromatic rings. The van der Waals surface area contributed by atoms with Crippen LogP contribution >= 0.6 is 0 Å². The minimum atomic E-state index is -0.0376. The Morgan fingerprint density at radius 3 is 1.77 bits per heavy atom. The molecule has 0 atom stereocenters. The molecule has 0 bridgehead atoms. The lowest BCUT2D eigenvalue weighted by Crippen LogP contribution is -2.11. The lowest BCUT2D eigenvalue weighted by atomic mass is 10.1. The van der Waals surface area contributed by atoms with Gasteiger partial charge in [0.1, 0.15) is 0 Å². The molecule has 0 fully saturated rings. The van der Waals surface area contributed by atoms with E-state index in [9.17, 15) is 14.4 Å². The van der Waals surface area contributed by atoms with E-state index < -0.39 is 0 Å². The minimum Gasteiger partial charge on any atom is -0.329 e. The summed E-state index contributed by atoms with van der Waals surface area (Å²) < 4.78 is 0. The topological polar surface area (TPSA) is 98.6 Å². The number of aromatic amines is 3. The average Bonchev–Trinajstić information content (AvgIpc) is 2.69. The van der Waals surface area contributed by atoms with Crippen LogP contribution in [-0.2, 0) is 0 Å². The fraction of sp³-hybridized carbons (Fsp3) is 0.375. The highest BCUT2D eigenvalue weighted by atomic mass is 16.1. The SMILES string of the molecule is CC(C)c1ccc(=O)[nH]c1.CC(C)c1ccc[nH]c1=O.CC(C)c1cccc(=O)[nH]1. The van der Waals surface area contributed by atoms with Crippen molar-refractivity contribution in [3.05, 3.63) is 103 Å². The van der Waals surface area contributed by atoms with Crippen LogP contribution in [0.2, 0.25) is 0 Å². The van der Waals surface area contributed by atoms with E-state index in [0.717, 1.165) is 11.3 Å². The third kappa shape index (κ3) is 8.90. The Bertz CT molecular complexity index is 1040. The quantitative estimate of drug-likeness (QED) is 0.592. The van der Waals surface area contributed by atoms with Crippen LogP contribution in [0.15, 0.2) is 69.2 Å². The van der Waals surface area contributed by atoms with Gasteiger partial charge in [0.2, 0.25) is 11.1 Å². The molecule has 3 rings (SSSR count). The van der Waals surface area contributed by atoms with Gasteiger partial charge in [-0.1, -0.05) is 59.7 Å². The van der Waals surface area contributed by atoms with Crippen LogP contribution in [0.4, 0.5) is 0 Å². The van der Waals surface area contributed by atoms with Gasteiger partial charge in [-0.3, -0.25) is 14.4 Å². The molecule has 0 saturated heterocycles. The summed E-state index contributed by atoms with van der Waals surface area (Å²) in [5.41, 5.74) is 2.97. The molecule has 0 amide bonds. The van der Waals surface area contributed by atoms with E-state index in [2.05, 4.69) is 28.8 Å². The first-order chi connectivity index (χ1) is 14.1. The van der Waals surface area contributed by atoms with Crippen LogP contribution in [0.25, 0.3) is 0 Å². The predicted molar refractivity (Wildman–Crippen MR) is 123 cm³/mol. The molecular formula is C24H33N3O3. The third-order valence-corrected chi connectivity index (χ3v) is 4.36. The maximum Gasteiger partial charge on any atom is 0.251 e. The first kappa shape index (κ1) is 24.9. The first-order valence-corrected chi connectivity index (χ1v) is 10.2. The second-order valence-electron chi connectivity index (χ2n) is 7.88. The number of rotatable bonds is 3. The smallest absolute Gasteiger partial charge is 0.251 e. The highest BCUT2D eigenvalue weighted by Crippen LogP contribution is 2.09. The van der Waals surface area contributed by atoms with E-state index >= 15 is 0 Å². The van der Waals surface area contributed by atoms with Crippen LogP contribution in [0.5, 0.6) is 0 Å². The highest BCUT2D eigenvalue weighted by Gasteiger charge is 2.01. The number of H-pyrrole nitrogens is 3. The van der Waals surface area contributed by atoms with Gasteiger partial charge in [0, 0.05) is 35.8 Å². The molecule has 0 saturated carbocycles. The molecule has 0 unspecified atom stereocenters. The average molecular weight is 412 g/mol. The van der Waals surface area contributed by atoms with Crippen molar-refractivity contribution in [1.82, 2.24) is 15.0 Å². The summed E-state index contributed by atoms with van der Waals surface area (Å²) in [5, 5.41) is 0. The van der Waals surface area contributed by atoms with Crippen LogP contribution in [0.3, 0.4) is 0 Å². The van der Waals surface area contributed by atoms with Crippen molar-refractivity contribution in [2.45, 2.75) is 59.3 Å². The molecule has 0 aliphatic heterocycles. The zero-order valence-electron chi connectivity index (χ0n) is 18.7. The third-order valence-electron chi connectivity index (χ3n) is 4.36. The van der Waals surface area contributed by atoms with E-state index in [0.29, 0.717) is 17.8 Å². The largest absolute Gasteiger partial charge is 0.329 e. The van der Waals surface area contributed by atoms with Gasteiger partial charge in [-0.15, -0.1) is 0 Å². The normalized spacial score (nSPS) is 10.3. The molecule has 6 heteroatoms. The Morgan fingerprint density at radius 2 is 1.37 bits per heavy atom. The van der Waals surface area contributed by atoms with E-state index in [4.69, 9.17) is 0 Å².